The molecule has 2 heterocycles. The van der Waals surface area contributed by atoms with Crippen LogP contribution < -0.4 is 4.90 Å². The van der Waals surface area contributed by atoms with Crippen LogP contribution in [-0.4, -0.2) is 15.0 Å². The number of furan rings is 1. The van der Waals surface area contributed by atoms with Crippen molar-refractivity contribution in [2.45, 2.75) is 44.4 Å². The molecule has 3 aliphatic rings. The quantitative estimate of drug-likeness (QED) is 0.160. The highest BCUT2D eigenvalue weighted by atomic mass is 16.3. The van der Waals surface area contributed by atoms with Gasteiger partial charge in [0.05, 0.1) is 5.69 Å². The lowest BCUT2D eigenvalue weighted by Gasteiger charge is -2.38. The zero-order valence-electron chi connectivity index (χ0n) is 38.5. The molecule has 2 aromatic heterocycles. The molecule has 0 N–H and O–H groups in total. The lowest BCUT2D eigenvalue weighted by atomic mass is 9.73. The van der Waals surface area contributed by atoms with Gasteiger partial charge in [0.15, 0.2) is 17.5 Å². The normalized spacial score (nSPS) is 17.1. The molecule has 2 unspecified atom stereocenters. The van der Waals surface area contributed by atoms with Gasteiger partial charge < -0.3 is 9.32 Å². The number of anilines is 2. The number of hydrogen-bond acceptors (Lipinski definition) is 5. The van der Waals surface area contributed by atoms with Crippen molar-refractivity contribution in [1.29, 1.82) is 0 Å². The predicted octanol–water partition coefficient (Wildman–Crippen LogP) is 16.0. The third-order valence-corrected chi connectivity index (χ3v) is 15.1. The summed E-state index contributed by atoms with van der Waals surface area (Å²) >= 11 is 0. The van der Waals surface area contributed by atoms with Crippen molar-refractivity contribution < 1.29 is 4.42 Å². The van der Waals surface area contributed by atoms with E-state index in [1.165, 1.54) is 44.8 Å². The summed E-state index contributed by atoms with van der Waals surface area (Å²) in [6, 6.07) is 67.1. The summed E-state index contributed by atoms with van der Waals surface area (Å²) in [4.78, 5) is 17.8. The fraction of sp³-hybridized carbons (Fsp3) is 0.127. The average molecular weight is 877 g/mol. The topological polar surface area (TPSA) is 55.1 Å². The van der Waals surface area contributed by atoms with E-state index in [-0.39, 0.29) is 16.7 Å². The molecule has 0 spiro atoms. The van der Waals surface area contributed by atoms with Gasteiger partial charge in [-0.05, 0) is 92.8 Å². The second kappa shape index (κ2) is 15.2. The smallest absolute Gasteiger partial charge is 0.164 e. The Balaban J connectivity index is 0.949. The van der Waals surface area contributed by atoms with Crippen LogP contribution in [0.15, 0.2) is 216 Å². The molecule has 5 heteroatoms. The molecule has 0 amide bonds. The molecule has 5 nitrogen and oxygen atoms in total. The van der Waals surface area contributed by atoms with Crippen LogP contribution in [-0.2, 0) is 10.8 Å². The van der Waals surface area contributed by atoms with Crippen LogP contribution in [0.3, 0.4) is 0 Å². The number of rotatable bonds is 7. The average Bonchev–Trinajstić information content (AvgIpc) is 3.97. The van der Waals surface area contributed by atoms with Crippen molar-refractivity contribution in [3.05, 3.63) is 234 Å². The Morgan fingerprint density at radius 1 is 0.500 bits per heavy atom. The van der Waals surface area contributed by atoms with E-state index in [9.17, 15) is 0 Å². The van der Waals surface area contributed by atoms with Gasteiger partial charge in [-0.25, -0.2) is 15.0 Å². The van der Waals surface area contributed by atoms with Crippen molar-refractivity contribution in [3.8, 4) is 56.4 Å². The van der Waals surface area contributed by atoms with Crippen LogP contribution in [0.2, 0.25) is 0 Å². The van der Waals surface area contributed by atoms with E-state index in [1.54, 1.807) is 0 Å². The van der Waals surface area contributed by atoms with Crippen LogP contribution >= 0.6 is 0 Å². The molecule has 10 aromatic rings. The molecular formula is C63H48N4O. The highest BCUT2D eigenvalue weighted by Crippen LogP contribution is 2.59. The Hall–Kier alpha value is -8.15. The highest BCUT2D eigenvalue weighted by Gasteiger charge is 2.49. The molecule has 0 fully saturated rings. The monoisotopic (exact) mass is 876 g/mol. The van der Waals surface area contributed by atoms with E-state index in [1.807, 2.05) is 72.8 Å². The zero-order chi connectivity index (χ0) is 45.7. The highest BCUT2D eigenvalue weighted by molar-refractivity contribution is 6.13. The number of fused-ring (bicyclic) bond motifs is 9. The van der Waals surface area contributed by atoms with Gasteiger partial charge in [0.1, 0.15) is 11.2 Å². The summed E-state index contributed by atoms with van der Waals surface area (Å²) in [5, 5.41) is 1.99. The second-order valence-corrected chi connectivity index (χ2v) is 19.6. The minimum absolute atomic E-state index is 0.0202. The third-order valence-electron chi connectivity index (χ3n) is 15.1. The lowest BCUT2D eigenvalue weighted by Crippen LogP contribution is -2.31. The molecule has 2 atom stereocenters. The van der Waals surface area contributed by atoms with Gasteiger partial charge in [-0.15, -0.1) is 0 Å². The molecule has 0 bridgehead atoms. The zero-order valence-corrected chi connectivity index (χ0v) is 38.5. The predicted molar refractivity (Wildman–Crippen MR) is 278 cm³/mol. The van der Waals surface area contributed by atoms with Gasteiger partial charge in [0, 0.05) is 55.7 Å². The van der Waals surface area contributed by atoms with E-state index < -0.39 is 0 Å². The molecule has 326 valence electrons. The maximum Gasteiger partial charge on any atom is 0.164 e. The first-order chi connectivity index (χ1) is 33.2. The summed E-state index contributed by atoms with van der Waals surface area (Å²) in [7, 11) is 0. The molecule has 0 aliphatic heterocycles. The maximum atomic E-state index is 6.56. The minimum Gasteiger partial charge on any atom is -0.456 e. The lowest BCUT2D eigenvalue weighted by molar-refractivity contribution is 0.385. The van der Waals surface area contributed by atoms with Gasteiger partial charge in [-0.1, -0.05) is 192 Å². The summed E-state index contributed by atoms with van der Waals surface area (Å²) in [6.45, 7) is 9.57. The van der Waals surface area contributed by atoms with Gasteiger partial charge in [-0.2, -0.15) is 0 Å². The Kier molecular flexibility index (Phi) is 8.97. The molecular weight excluding hydrogens is 829 g/mol. The molecule has 0 saturated carbocycles. The summed E-state index contributed by atoms with van der Waals surface area (Å²) < 4.78 is 6.56. The van der Waals surface area contributed by atoms with Gasteiger partial charge >= 0.3 is 0 Å². The number of nitrogens with zero attached hydrogens (tertiary/aromatic N) is 4. The van der Waals surface area contributed by atoms with E-state index in [0.29, 0.717) is 23.4 Å². The summed E-state index contributed by atoms with van der Waals surface area (Å²) in [5.74, 6) is 2.35. The SMILES string of the molecule is CC1(C)c2ccccc2-c2c(N(C3=CC=CC4C3c3ccccc3C4(C)C)c3ccc(-c4ccc5oc6cccc(-c7nc(-c8ccccc8)nc(-c8ccccc8)n7)c6c5c4)cc3)cccc21. The van der Waals surface area contributed by atoms with Crippen LogP contribution in [0.1, 0.15) is 55.9 Å². The molecule has 0 radical (unpaired) electrons. The molecule has 3 aliphatic carbocycles. The Morgan fingerprint density at radius 3 is 1.87 bits per heavy atom. The van der Waals surface area contributed by atoms with Crippen molar-refractivity contribution in [2.75, 3.05) is 4.90 Å². The number of hydrogen-bond donors (Lipinski definition) is 0. The number of allylic oxidation sites excluding steroid dienone is 4. The van der Waals surface area contributed by atoms with Crippen LogP contribution in [0.4, 0.5) is 11.4 Å². The first-order valence-electron chi connectivity index (χ1n) is 23.7. The fourth-order valence-corrected chi connectivity index (χ4v) is 11.7. The maximum absolute atomic E-state index is 6.56. The van der Waals surface area contributed by atoms with Crippen molar-refractivity contribution in [3.63, 3.8) is 0 Å². The molecule has 68 heavy (non-hydrogen) atoms. The van der Waals surface area contributed by atoms with Crippen molar-refractivity contribution in [2.24, 2.45) is 5.92 Å². The van der Waals surface area contributed by atoms with Gasteiger partial charge in [-0.3, -0.25) is 0 Å². The van der Waals surface area contributed by atoms with Gasteiger partial charge in [0.2, 0.25) is 0 Å². The standard InChI is InChI=1S/C63H48N4O/c1-62(2)48-25-13-11-22-44(48)57-50(62)27-16-29-52(57)67(53-30-17-28-51-58(53)45-23-12-14-26-49(45)63(51,3)4)43-35-32-39(33-36-43)42-34-37-54-47(38-42)56-46(24-15-31-55(56)68-54)61-65-59(40-18-7-5-8-19-40)64-60(66-61)41-20-9-6-10-21-41/h5-38,50,57H,1-4H3. The van der Waals surface area contributed by atoms with Crippen LogP contribution in [0, 0.1) is 5.92 Å². The van der Waals surface area contributed by atoms with E-state index in [2.05, 4.69) is 166 Å². The Bertz CT molecular complexity index is 3640. The molecule has 8 aromatic carbocycles. The summed E-state index contributed by atoms with van der Waals surface area (Å²) in [6.07, 6.45) is 7.11. The summed E-state index contributed by atoms with van der Waals surface area (Å²) in [5.41, 5.74) is 18.2. The van der Waals surface area contributed by atoms with Crippen LogP contribution in [0.25, 0.3) is 78.4 Å². The minimum atomic E-state index is -0.129. The van der Waals surface area contributed by atoms with E-state index in [0.717, 1.165) is 55.4 Å². The van der Waals surface area contributed by atoms with Crippen LogP contribution in [0.5, 0.6) is 0 Å². The van der Waals surface area contributed by atoms with E-state index in [4.69, 9.17) is 19.4 Å². The van der Waals surface area contributed by atoms with Crippen molar-refractivity contribution in [1.82, 2.24) is 15.0 Å². The van der Waals surface area contributed by atoms with Crippen molar-refractivity contribution >= 4 is 33.3 Å². The number of aromatic nitrogens is 3. The molecule has 13 rings (SSSR count). The fourth-order valence-electron chi connectivity index (χ4n) is 11.7. The second-order valence-electron chi connectivity index (χ2n) is 19.6. The largest absolute Gasteiger partial charge is 0.456 e. The Labute approximate surface area is 396 Å². The van der Waals surface area contributed by atoms with E-state index >= 15 is 0 Å². The first-order valence-corrected chi connectivity index (χ1v) is 23.7. The first kappa shape index (κ1) is 40.2. The molecule has 0 saturated heterocycles. The Morgan fingerprint density at radius 2 is 1.12 bits per heavy atom. The third kappa shape index (κ3) is 6.12. The number of benzene rings is 8. The van der Waals surface area contributed by atoms with Gasteiger partial charge in [0.25, 0.3) is 0 Å².